The zero-order chi connectivity index (χ0) is 15.1. The fourth-order valence-corrected chi connectivity index (χ4v) is 1.47. The first-order valence-corrected chi connectivity index (χ1v) is 6.51. The van der Waals surface area contributed by atoms with E-state index in [9.17, 15) is 9.59 Å². The maximum Gasteiger partial charge on any atom is 0.251 e. The molecule has 2 unspecified atom stereocenters. The largest absolute Gasteiger partial charge is 0.349 e. The Balaban J connectivity index is 2.65. The molecule has 0 aliphatic heterocycles. The average molecular weight is 275 g/mol. The summed E-state index contributed by atoms with van der Waals surface area (Å²) < 4.78 is 0. The first-order chi connectivity index (χ1) is 9.45. The van der Waals surface area contributed by atoms with Crippen LogP contribution in [-0.2, 0) is 4.79 Å². The first-order valence-electron chi connectivity index (χ1n) is 6.51. The average Bonchev–Trinajstić information content (AvgIpc) is 2.44. The van der Waals surface area contributed by atoms with E-state index in [4.69, 9.17) is 5.73 Å². The molecule has 5 heteroatoms. The van der Waals surface area contributed by atoms with Crippen LogP contribution in [0.1, 0.15) is 24.2 Å². The van der Waals surface area contributed by atoms with Gasteiger partial charge in [-0.15, -0.1) is 6.58 Å². The smallest absolute Gasteiger partial charge is 0.251 e. The van der Waals surface area contributed by atoms with Gasteiger partial charge in [-0.1, -0.05) is 13.0 Å². The van der Waals surface area contributed by atoms with Crippen molar-refractivity contribution in [3.63, 3.8) is 0 Å². The number of rotatable bonds is 6. The van der Waals surface area contributed by atoms with Crippen molar-refractivity contribution in [2.24, 2.45) is 11.7 Å². The number of nitrogens with two attached hydrogens (primary N) is 1. The normalized spacial score (nSPS) is 13.2. The molecular weight excluding hydrogens is 254 g/mol. The standard InChI is InChI=1S/C15H21N3O2/c1-4-9-17-15(20)12-5-7-13(8-6-12)18-14(19)10(2)11(3)16/h4-8,10-11H,1,9,16H2,2-3H3,(H,17,20)(H,18,19). The molecule has 0 bridgehead atoms. The summed E-state index contributed by atoms with van der Waals surface area (Å²) in [5, 5.41) is 5.45. The van der Waals surface area contributed by atoms with E-state index in [-0.39, 0.29) is 23.8 Å². The van der Waals surface area contributed by atoms with Crippen molar-refractivity contribution in [3.05, 3.63) is 42.5 Å². The molecule has 1 aromatic rings. The van der Waals surface area contributed by atoms with Gasteiger partial charge in [-0.25, -0.2) is 0 Å². The van der Waals surface area contributed by atoms with Crippen molar-refractivity contribution in [3.8, 4) is 0 Å². The number of benzene rings is 1. The Labute approximate surface area is 119 Å². The molecule has 0 spiro atoms. The molecule has 2 atom stereocenters. The molecule has 0 heterocycles. The summed E-state index contributed by atoms with van der Waals surface area (Å²) >= 11 is 0. The van der Waals surface area contributed by atoms with Gasteiger partial charge in [0.1, 0.15) is 0 Å². The van der Waals surface area contributed by atoms with Crippen LogP contribution < -0.4 is 16.4 Å². The van der Waals surface area contributed by atoms with E-state index in [0.29, 0.717) is 17.8 Å². The van der Waals surface area contributed by atoms with E-state index < -0.39 is 0 Å². The number of carbonyl (C=O) groups is 2. The van der Waals surface area contributed by atoms with Gasteiger partial charge in [-0.05, 0) is 31.2 Å². The van der Waals surface area contributed by atoms with Crippen LogP contribution in [0.4, 0.5) is 5.69 Å². The molecular formula is C15H21N3O2. The topological polar surface area (TPSA) is 84.2 Å². The predicted molar refractivity (Wildman–Crippen MR) is 80.4 cm³/mol. The molecule has 0 aliphatic rings. The van der Waals surface area contributed by atoms with Crippen LogP contribution in [0.2, 0.25) is 0 Å². The second-order valence-electron chi connectivity index (χ2n) is 4.71. The second-order valence-corrected chi connectivity index (χ2v) is 4.71. The molecule has 0 saturated heterocycles. The van der Waals surface area contributed by atoms with E-state index in [1.165, 1.54) is 0 Å². The van der Waals surface area contributed by atoms with Crippen LogP contribution in [0.3, 0.4) is 0 Å². The van der Waals surface area contributed by atoms with Crippen LogP contribution in [0.15, 0.2) is 36.9 Å². The minimum atomic E-state index is -0.273. The SMILES string of the molecule is C=CCNC(=O)c1ccc(NC(=O)C(C)C(C)N)cc1. The van der Waals surface area contributed by atoms with Gasteiger partial charge in [0, 0.05) is 23.8 Å². The van der Waals surface area contributed by atoms with E-state index >= 15 is 0 Å². The minimum absolute atomic E-state index is 0.135. The summed E-state index contributed by atoms with van der Waals surface area (Å²) in [5.41, 5.74) is 6.85. The number of nitrogens with one attached hydrogen (secondary N) is 2. The van der Waals surface area contributed by atoms with Gasteiger partial charge in [-0.3, -0.25) is 9.59 Å². The highest BCUT2D eigenvalue weighted by Gasteiger charge is 2.17. The third kappa shape index (κ3) is 4.51. The maximum atomic E-state index is 11.8. The zero-order valence-corrected chi connectivity index (χ0v) is 11.8. The van der Waals surface area contributed by atoms with Crippen molar-refractivity contribution >= 4 is 17.5 Å². The molecule has 5 nitrogen and oxygen atoms in total. The third-order valence-electron chi connectivity index (χ3n) is 3.02. The first kappa shape index (κ1) is 15.9. The Morgan fingerprint density at radius 2 is 1.90 bits per heavy atom. The van der Waals surface area contributed by atoms with E-state index in [2.05, 4.69) is 17.2 Å². The van der Waals surface area contributed by atoms with E-state index in [1.807, 2.05) is 0 Å². The Morgan fingerprint density at radius 3 is 2.40 bits per heavy atom. The van der Waals surface area contributed by atoms with Crippen LogP contribution in [0, 0.1) is 5.92 Å². The lowest BCUT2D eigenvalue weighted by Crippen LogP contribution is -2.34. The lowest BCUT2D eigenvalue weighted by atomic mass is 10.0. The molecule has 0 aliphatic carbocycles. The monoisotopic (exact) mass is 275 g/mol. The van der Waals surface area contributed by atoms with Gasteiger partial charge in [0.2, 0.25) is 5.91 Å². The molecule has 0 saturated carbocycles. The molecule has 0 aromatic heterocycles. The minimum Gasteiger partial charge on any atom is -0.349 e. The Hall–Kier alpha value is -2.14. The molecule has 0 fully saturated rings. The molecule has 4 N–H and O–H groups in total. The maximum absolute atomic E-state index is 11.8. The van der Waals surface area contributed by atoms with Crippen molar-refractivity contribution in [1.82, 2.24) is 5.32 Å². The molecule has 1 rings (SSSR count). The molecule has 1 aromatic carbocycles. The van der Waals surface area contributed by atoms with Gasteiger partial charge in [-0.2, -0.15) is 0 Å². The lowest BCUT2D eigenvalue weighted by molar-refractivity contribution is -0.119. The summed E-state index contributed by atoms with van der Waals surface area (Å²) in [6, 6.07) is 6.48. The van der Waals surface area contributed by atoms with Crippen LogP contribution in [0.5, 0.6) is 0 Å². The predicted octanol–water partition coefficient (Wildman–Crippen LogP) is 1.52. The van der Waals surface area contributed by atoms with Crippen LogP contribution in [0.25, 0.3) is 0 Å². The Kier molecular flexibility index (Phi) is 5.93. The van der Waals surface area contributed by atoms with Gasteiger partial charge < -0.3 is 16.4 Å². The van der Waals surface area contributed by atoms with Crippen molar-refractivity contribution in [2.75, 3.05) is 11.9 Å². The third-order valence-corrected chi connectivity index (χ3v) is 3.02. The fraction of sp³-hybridized carbons (Fsp3) is 0.333. The van der Waals surface area contributed by atoms with E-state index in [0.717, 1.165) is 0 Å². The van der Waals surface area contributed by atoms with Crippen molar-refractivity contribution in [1.29, 1.82) is 0 Å². The summed E-state index contributed by atoms with van der Waals surface area (Å²) in [6.07, 6.45) is 1.61. The number of carbonyl (C=O) groups excluding carboxylic acids is 2. The number of hydrogen-bond donors (Lipinski definition) is 3. The lowest BCUT2D eigenvalue weighted by Gasteiger charge is -2.15. The highest BCUT2D eigenvalue weighted by Crippen LogP contribution is 2.12. The Bertz CT molecular complexity index is 480. The second kappa shape index (κ2) is 7.45. The van der Waals surface area contributed by atoms with Crippen molar-refractivity contribution < 1.29 is 9.59 Å². The van der Waals surface area contributed by atoms with Gasteiger partial charge in [0.25, 0.3) is 5.91 Å². The number of anilines is 1. The molecule has 0 radical (unpaired) electrons. The highest BCUT2D eigenvalue weighted by molar-refractivity contribution is 5.96. The summed E-state index contributed by atoms with van der Waals surface area (Å²) in [6.45, 7) is 7.52. The summed E-state index contributed by atoms with van der Waals surface area (Å²) in [4.78, 5) is 23.5. The summed E-state index contributed by atoms with van der Waals surface area (Å²) in [5.74, 6) is -0.582. The molecule has 108 valence electrons. The Morgan fingerprint density at radius 1 is 1.30 bits per heavy atom. The van der Waals surface area contributed by atoms with Crippen LogP contribution >= 0.6 is 0 Å². The highest BCUT2D eigenvalue weighted by atomic mass is 16.2. The number of amides is 2. The van der Waals surface area contributed by atoms with Gasteiger partial charge >= 0.3 is 0 Å². The fourth-order valence-electron chi connectivity index (χ4n) is 1.47. The molecule has 20 heavy (non-hydrogen) atoms. The van der Waals surface area contributed by atoms with Gasteiger partial charge in [0.15, 0.2) is 0 Å². The zero-order valence-electron chi connectivity index (χ0n) is 11.8. The van der Waals surface area contributed by atoms with Crippen molar-refractivity contribution in [2.45, 2.75) is 19.9 Å². The summed E-state index contributed by atoms with van der Waals surface area (Å²) in [7, 11) is 0. The number of hydrogen-bond acceptors (Lipinski definition) is 3. The molecule has 2 amide bonds. The quantitative estimate of drug-likeness (QED) is 0.688. The van der Waals surface area contributed by atoms with Gasteiger partial charge in [0.05, 0.1) is 5.92 Å². The van der Waals surface area contributed by atoms with Crippen LogP contribution in [-0.4, -0.2) is 24.4 Å². The van der Waals surface area contributed by atoms with E-state index in [1.54, 1.807) is 44.2 Å².